The maximum Gasteiger partial charge on any atom is 0.0865 e. The Morgan fingerprint density at radius 2 is 2.06 bits per heavy atom. The summed E-state index contributed by atoms with van der Waals surface area (Å²) in [4.78, 5) is 4.66. The van der Waals surface area contributed by atoms with Gasteiger partial charge in [-0.15, -0.1) is 11.3 Å². The third-order valence-electron chi connectivity index (χ3n) is 3.03. The third-order valence-corrected chi connectivity index (χ3v) is 4.14. The van der Waals surface area contributed by atoms with E-state index in [9.17, 15) is 0 Å². The molecule has 0 radical (unpaired) electrons. The number of nitrogen functional groups attached to an aromatic ring is 1. The SMILES string of the molecule is CCc1sc(N)cc1-c1c[nH]c2ccccc12. The van der Waals surface area contributed by atoms with Gasteiger partial charge < -0.3 is 10.7 Å². The van der Waals surface area contributed by atoms with Crippen molar-refractivity contribution in [1.29, 1.82) is 0 Å². The molecule has 17 heavy (non-hydrogen) atoms. The molecule has 1 aromatic carbocycles. The van der Waals surface area contributed by atoms with Crippen LogP contribution in [0.1, 0.15) is 11.8 Å². The number of nitrogens with one attached hydrogen (secondary N) is 1. The average Bonchev–Trinajstić information content (AvgIpc) is 2.91. The van der Waals surface area contributed by atoms with E-state index in [4.69, 9.17) is 5.73 Å². The van der Waals surface area contributed by atoms with Gasteiger partial charge in [0.1, 0.15) is 0 Å². The third kappa shape index (κ3) is 1.63. The van der Waals surface area contributed by atoms with Crippen molar-refractivity contribution in [2.45, 2.75) is 13.3 Å². The number of rotatable bonds is 2. The zero-order valence-electron chi connectivity index (χ0n) is 9.66. The molecule has 0 aliphatic rings. The summed E-state index contributed by atoms with van der Waals surface area (Å²) in [7, 11) is 0. The molecule has 0 saturated carbocycles. The van der Waals surface area contributed by atoms with Crippen LogP contribution in [0.3, 0.4) is 0 Å². The summed E-state index contributed by atoms with van der Waals surface area (Å²) in [6.07, 6.45) is 3.10. The summed E-state index contributed by atoms with van der Waals surface area (Å²) >= 11 is 1.69. The van der Waals surface area contributed by atoms with Gasteiger partial charge in [0.05, 0.1) is 5.00 Å². The molecule has 0 aliphatic heterocycles. The molecule has 0 saturated heterocycles. The average molecular weight is 242 g/mol. The molecule has 0 unspecified atom stereocenters. The number of anilines is 1. The predicted molar refractivity (Wildman–Crippen MR) is 75.4 cm³/mol. The van der Waals surface area contributed by atoms with E-state index < -0.39 is 0 Å². The number of hydrogen-bond donors (Lipinski definition) is 2. The second-order valence-electron chi connectivity index (χ2n) is 4.09. The molecular formula is C14H14N2S. The van der Waals surface area contributed by atoms with Crippen LogP contribution in [0.5, 0.6) is 0 Å². The Bertz CT molecular complexity index is 664. The van der Waals surface area contributed by atoms with Crippen LogP contribution < -0.4 is 5.73 Å². The highest BCUT2D eigenvalue weighted by Gasteiger charge is 2.12. The maximum absolute atomic E-state index is 5.91. The van der Waals surface area contributed by atoms with E-state index in [1.807, 2.05) is 6.07 Å². The highest BCUT2D eigenvalue weighted by molar-refractivity contribution is 7.16. The zero-order chi connectivity index (χ0) is 11.8. The molecule has 0 bridgehead atoms. The standard InChI is InChI=1S/C14H14N2S/c1-2-13-10(7-14(15)17-13)11-8-16-12-6-4-3-5-9(11)12/h3-8,16H,2,15H2,1H3. The van der Waals surface area contributed by atoms with Crippen molar-refractivity contribution in [3.63, 3.8) is 0 Å². The molecule has 2 aromatic heterocycles. The molecule has 2 heterocycles. The van der Waals surface area contributed by atoms with Gasteiger partial charge >= 0.3 is 0 Å². The number of benzene rings is 1. The van der Waals surface area contributed by atoms with Gasteiger partial charge in [-0.25, -0.2) is 0 Å². The van der Waals surface area contributed by atoms with Gasteiger partial charge in [0.25, 0.3) is 0 Å². The lowest BCUT2D eigenvalue weighted by Crippen LogP contribution is -1.78. The van der Waals surface area contributed by atoms with Crippen LogP contribution in [-0.2, 0) is 6.42 Å². The second kappa shape index (κ2) is 3.93. The predicted octanol–water partition coefficient (Wildman–Crippen LogP) is 4.04. The van der Waals surface area contributed by atoms with E-state index in [0.717, 1.165) is 11.4 Å². The molecule has 0 atom stereocenters. The van der Waals surface area contributed by atoms with E-state index in [1.54, 1.807) is 11.3 Å². The molecule has 3 aromatic rings. The number of thiophene rings is 1. The summed E-state index contributed by atoms with van der Waals surface area (Å²) in [5.41, 5.74) is 9.61. The minimum Gasteiger partial charge on any atom is -0.391 e. The van der Waals surface area contributed by atoms with E-state index >= 15 is 0 Å². The highest BCUT2D eigenvalue weighted by atomic mass is 32.1. The summed E-state index contributed by atoms with van der Waals surface area (Å²) in [6, 6.07) is 10.4. The summed E-state index contributed by atoms with van der Waals surface area (Å²) < 4.78 is 0. The van der Waals surface area contributed by atoms with Crippen LogP contribution in [0.2, 0.25) is 0 Å². The van der Waals surface area contributed by atoms with Gasteiger partial charge in [-0.1, -0.05) is 25.1 Å². The van der Waals surface area contributed by atoms with Crippen molar-refractivity contribution in [2.75, 3.05) is 5.73 Å². The number of nitrogens with two attached hydrogens (primary N) is 1. The number of aromatic amines is 1. The molecule has 2 nitrogen and oxygen atoms in total. The fraction of sp³-hybridized carbons (Fsp3) is 0.143. The lowest BCUT2D eigenvalue weighted by atomic mass is 10.0. The Balaban J connectivity index is 2.26. The summed E-state index contributed by atoms with van der Waals surface area (Å²) in [5, 5.41) is 2.15. The fourth-order valence-electron chi connectivity index (χ4n) is 2.23. The first kappa shape index (κ1) is 10.4. The monoisotopic (exact) mass is 242 g/mol. The van der Waals surface area contributed by atoms with E-state index in [2.05, 4.69) is 42.4 Å². The second-order valence-corrected chi connectivity index (χ2v) is 5.26. The number of H-pyrrole nitrogens is 1. The molecule has 0 amide bonds. The smallest absolute Gasteiger partial charge is 0.0865 e. The summed E-state index contributed by atoms with van der Waals surface area (Å²) in [6.45, 7) is 2.17. The van der Waals surface area contributed by atoms with E-state index in [0.29, 0.717) is 0 Å². The van der Waals surface area contributed by atoms with Gasteiger partial charge in [0, 0.05) is 27.5 Å². The van der Waals surface area contributed by atoms with Crippen LogP contribution >= 0.6 is 11.3 Å². The number of para-hydroxylation sites is 1. The van der Waals surface area contributed by atoms with Gasteiger partial charge in [0.2, 0.25) is 0 Å². The van der Waals surface area contributed by atoms with E-state index in [1.165, 1.54) is 26.9 Å². The molecule has 3 heteroatoms. The maximum atomic E-state index is 5.91. The lowest BCUT2D eigenvalue weighted by Gasteiger charge is -1.99. The van der Waals surface area contributed by atoms with Crippen LogP contribution in [-0.4, -0.2) is 4.98 Å². The topological polar surface area (TPSA) is 41.8 Å². The van der Waals surface area contributed by atoms with Gasteiger partial charge in [-0.05, 0) is 24.1 Å². The molecular weight excluding hydrogens is 228 g/mol. The van der Waals surface area contributed by atoms with Crippen molar-refractivity contribution in [3.8, 4) is 11.1 Å². The molecule has 86 valence electrons. The molecule has 0 aliphatic carbocycles. The lowest BCUT2D eigenvalue weighted by molar-refractivity contribution is 1.19. The van der Waals surface area contributed by atoms with Gasteiger partial charge in [-0.3, -0.25) is 0 Å². The number of fused-ring (bicyclic) bond motifs is 1. The molecule has 3 N–H and O–H groups in total. The van der Waals surface area contributed by atoms with Crippen molar-refractivity contribution in [1.82, 2.24) is 4.98 Å². The number of hydrogen-bond acceptors (Lipinski definition) is 2. The molecule has 3 rings (SSSR count). The first-order chi connectivity index (χ1) is 8.29. The van der Waals surface area contributed by atoms with Gasteiger partial charge in [-0.2, -0.15) is 0 Å². The van der Waals surface area contributed by atoms with Crippen molar-refractivity contribution >= 4 is 27.2 Å². The van der Waals surface area contributed by atoms with Crippen molar-refractivity contribution < 1.29 is 0 Å². The zero-order valence-corrected chi connectivity index (χ0v) is 10.5. The Morgan fingerprint density at radius 3 is 2.88 bits per heavy atom. The van der Waals surface area contributed by atoms with Gasteiger partial charge in [0.15, 0.2) is 0 Å². The minimum absolute atomic E-state index is 0.891. The number of aryl methyl sites for hydroxylation is 1. The Kier molecular flexibility index (Phi) is 2.41. The van der Waals surface area contributed by atoms with Crippen LogP contribution in [0.15, 0.2) is 36.5 Å². The van der Waals surface area contributed by atoms with Crippen molar-refractivity contribution in [3.05, 3.63) is 41.4 Å². The Labute approximate surface area is 104 Å². The fourth-order valence-corrected chi connectivity index (χ4v) is 3.12. The van der Waals surface area contributed by atoms with Crippen LogP contribution in [0.4, 0.5) is 5.00 Å². The Morgan fingerprint density at radius 1 is 1.24 bits per heavy atom. The van der Waals surface area contributed by atoms with Crippen LogP contribution in [0, 0.1) is 0 Å². The normalized spacial score (nSPS) is 11.1. The van der Waals surface area contributed by atoms with Crippen molar-refractivity contribution in [2.24, 2.45) is 0 Å². The number of aromatic nitrogens is 1. The molecule has 0 fully saturated rings. The highest BCUT2D eigenvalue weighted by Crippen LogP contribution is 2.37. The van der Waals surface area contributed by atoms with Crippen LogP contribution in [0.25, 0.3) is 22.0 Å². The largest absolute Gasteiger partial charge is 0.391 e. The summed E-state index contributed by atoms with van der Waals surface area (Å²) in [5.74, 6) is 0. The Hall–Kier alpha value is -1.74. The molecule has 0 spiro atoms. The van der Waals surface area contributed by atoms with E-state index in [-0.39, 0.29) is 0 Å². The first-order valence-electron chi connectivity index (χ1n) is 5.74. The minimum atomic E-state index is 0.891. The quantitative estimate of drug-likeness (QED) is 0.699. The first-order valence-corrected chi connectivity index (χ1v) is 6.56.